The Bertz CT molecular complexity index is 352. The van der Waals surface area contributed by atoms with Crippen LogP contribution in [-0.4, -0.2) is 19.9 Å². The fourth-order valence-electron chi connectivity index (χ4n) is 1.77. The van der Waals surface area contributed by atoms with Gasteiger partial charge in [-0.25, -0.2) is 0 Å². The third-order valence-electron chi connectivity index (χ3n) is 2.90. The van der Waals surface area contributed by atoms with Crippen molar-refractivity contribution >= 4 is 11.8 Å². The zero-order valence-corrected chi connectivity index (χ0v) is 11.4. The molecule has 0 saturated heterocycles. The highest BCUT2D eigenvalue weighted by Crippen LogP contribution is 2.33. The van der Waals surface area contributed by atoms with Gasteiger partial charge in [0.05, 0.1) is 7.11 Å². The highest BCUT2D eigenvalue weighted by molar-refractivity contribution is 7.98. The van der Waals surface area contributed by atoms with Crippen LogP contribution in [-0.2, 0) is 6.42 Å². The van der Waals surface area contributed by atoms with Crippen LogP contribution in [0.2, 0.25) is 0 Å². The Balaban J connectivity index is 3.25. The lowest BCUT2D eigenvalue weighted by Gasteiger charge is -2.17. The summed E-state index contributed by atoms with van der Waals surface area (Å²) in [5, 5.41) is 0. The van der Waals surface area contributed by atoms with Crippen molar-refractivity contribution in [3.8, 4) is 5.75 Å². The number of rotatable bonds is 5. The second-order valence-corrected chi connectivity index (χ2v) is 4.74. The molecule has 0 saturated carbocycles. The van der Waals surface area contributed by atoms with Crippen LogP contribution in [0.3, 0.4) is 0 Å². The summed E-state index contributed by atoms with van der Waals surface area (Å²) in [6, 6.07) is 4.37. The molecule has 3 heteroatoms. The maximum Gasteiger partial charge on any atom is 0.122 e. The molecule has 0 fully saturated rings. The van der Waals surface area contributed by atoms with Crippen LogP contribution in [0.15, 0.2) is 17.0 Å². The Hall–Kier alpha value is -0.670. The Morgan fingerprint density at radius 1 is 1.44 bits per heavy atom. The zero-order valence-electron chi connectivity index (χ0n) is 10.5. The molecule has 0 aliphatic rings. The van der Waals surface area contributed by atoms with Gasteiger partial charge in [0.15, 0.2) is 0 Å². The van der Waals surface area contributed by atoms with E-state index in [2.05, 4.69) is 32.2 Å². The van der Waals surface area contributed by atoms with E-state index in [4.69, 9.17) is 10.5 Å². The van der Waals surface area contributed by atoms with Gasteiger partial charge in [-0.3, -0.25) is 0 Å². The maximum atomic E-state index is 5.74. The Kier molecular flexibility index (Phi) is 5.16. The smallest absolute Gasteiger partial charge is 0.122 e. The van der Waals surface area contributed by atoms with E-state index in [0.29, 0.717) is 12.5 Å². The largest absolute Gasteiger partial charge is 0.496 e. The summed E-state index contributed by atoms with van der Waals surface area (Å²) in [5.41, 5.74) is 8.30. The first-order valence-electron chi connectivity index (χ1n) is 5.62. The molecule has 0 aliphatic heterocycles. The van der Waals surface area contributed by atoms with Gasteiger partial charge in [0.25, 0.3) is 0 Å². The van der Waals surface area contributed by atoms with Gasteiger partial charge in [0.2, 0.25) is 0 Å². The van der Waals surface area contributed by atoms with Gasteiger partial charge in [-0.05, 0) is 48.4 Å². The van der Waals surface area contributed by atoms with E-state index in [0.717, 1.165) is 12.2 Å². The highest BCUT2D eigenvalue weighted by Gasteiger charge is 2.13. The molecule has 1 rings (SSSR count). The topological polar surface area (TPSA) is 35.2 Å². The molecular weight excluding hydrogens is 218 g/mol. The predicted octanol–water partition coefficient (Wildman–Crippen LogP) is 3.04. The van der Waals surface area contributed by atoms with Gasteiger partial charge in [-0.15, -0.1) is 11.8 Å². The minimum atomic E-state index is 0.377. The maximum absolute atomic E-state index is 5.74. The molecule has 0 amide bonds. The van der Waals surface area contributed by atoms with E-state index in [1.165, 1.54) is 16.0 Å². The van der Waals surface area contributed by atoms with Crippen molar-refractivity contribution in [2.75, 3.05) is 19.9 Å². The van der Waals surface area contributed by atoms with Crippen molar-refractivity contribution in [3.05, 3.63) is 23.3 Å². The Labute approximate surface area is 103 Å². The molecule has 0 radical (unpaired) electrons. The lowest BCUT2D eigenvalue weighted by molar-refractivity contribution is 0.408. The monoisotopic (exact) mass is 239 g/mol. The summed E-state index contributed by atoms with van der Waals surface area (Å²) in [6.45, 7) is 4.97. The lowest BCUT2D eigenvalue weighted by atomic mass is 9.98. The van der Waals surface area contributed by atoms with E-state index >= 15 is 0 Å². The van der Waals surface area contributed by atoms with Crippen molar-refractivity contribution in [2.45, 2.75) is 31.1 Å². The summed E-state index contributed by atoms with van der Waals surface area (Å²) >= 11 is 1.78. The van der Waals surface area contributed by atoms with Crippen LogP contribution >= 0.6 is 11.8 Å². The number of ether oxygens (including phenoxy) is 1. The van der Waals surface area contributed by atoms with Crippen molar-refractivity contribution < 1.29 is 4.74 Å². The molecule has 0 spiro atoms. The molecule has 90 valence electrons. The molecule has 1 atom stereocenters. The van der Waals surface area contributed by atoms with Gasteiger partial charge < -0.3 is 10.5 Å². The van der Waals surface area contributed by atoms with Crippen molar-refractivity contribution in [1.29, 1.82) is 0 Å². The molecule has 1 aromatic carbocycles. The fourth-order valence-corrected chi connectivity index (χ4v) is 2.53. The van der Waals surface area contributed by atoms with Gasteiger partial charge in [0, 0.05) is 4.90 Å². The quantitative estimate of drug-likeness (QED) is 0.802. The molecule has 2 N–H and O–H groups in total. The summed E-state index contributed by atoms with van der Waals surface area (Å²) < 4.78 is 5.42. The number of thioether (sulfide) groups is 1. The number of methoxy groups -OCH3 is 1. The Morgan fingerprint density at radius 2 is 2.12 bits per heavy atom. The first-order valence-corrected chi connectivity index (χ1v) is 6.85. The average molecular weight is 239 g/mol. The molecule has 16 heavy (non-hydrogen) atoms. The molecule has 0 aromatic heterocycles. The highest BCUT2D eigenvalue weighted by atomic mass is 32.2. The van der Waals surface area contributed by atoms with Crippen molar-refractivity contribution in [2.24, 2.45) is 5.73 Å². The van der Waals surface area contributed by atoms with Gasteiger partial charge in [-0.1, -0.05) is 13.8 Å². The van der Waals surface area contributed by atoms with Crippen LogP contribution in [0.1, 0.15) is 30.9 Å². The van der Waals surface area contributed by atoms with E-state index in [1.54, 1.807) is 18.9 Å². The number of nitrogens with two attached hydrogens (primary N) is 1. The van der Waals surface area contributed by atoms with Gasteiger partial charge in [-0.2, -0.15) is 0 Å². The Morgan fingerprint density at radius 3 is 2.56 bits per heavy atom. The molecule has 1 unspecified atom stereocenters. The van der Waals surface area contributed by atoms with Crippen LogP contribution < -0.4 is 10.5 Å². The standard InChI is InChI=1S/C13H21NOS/c1-5-10-6-13(16-4)11(9(2)8-14)7-12(10)15-3/h6-7,9H,5,8,14H2,1-4H3. The van der Waals surface area contributed by atoms with Crippen LogP contribution in [0.25, 0.3) is 0 Å². The average Bonchev–Trinajstić information content (AvgIpc) is 2.35. The van der Waals surface area contributed by atoms with Crippen LogP contribution in [0.5, 0.6) is 5.75 Å². The summed E-state index contributed by atoms with van der Waals surface area (Å²) in [4.78, 5) is 1.32. The molecule has 2 nitrogen and oxygen atoms in total. The zero-order chi connectivity index (χ0) is 12.1. The van der Waals surface area contributed by atoms with E-state index in [-0.39, 0.29) is 0 Å². The molecule has 0 heterocycles. The normalized spacial score (nSPS) is 12.6. The fraction of sp³-hybridized carbons (Fsp3) is 0.538. The third-order valence-corrected chi connectivity index (χ3v) is 3.69. The predicted molar refractivity (Wildman–Crippen MR) is 71.6 cm³/mol. The third kappa shape index (κ3) is 2.71. The van der Waals surface area contributed by atoms with Crippen LogP contribution in [0.4, 0.5) is 0 Å². The number of hydrogen-bond donors (Lipinski definition) is 1. The van der Waals surface area contributed by atoms with E-state index < -0.39 is 0 Å². The summed E-state index contributed by atoms with van der Waals surface area (Å²) in [6.07, 6.45) is 3.10. The lowest BCUT2D eigenvalue weighted by Crippen LogP contribution is -2.10. The summed E-state index contributed by atoms with van der Waals surface area (Å²) in [5.74, 6) is 1.36. The van der Waals surface area contributed by atoms with Gasteiger partial charge >= 0.3 is 0 Å². The number of aryl methyl sites for hydroxylation is 1. The molecule has 1 aromatic rings. The first-order chi connectivity index (χ1) is 7.67. The number of benzene rings is 1. The van der Waals surface area contributed by atoms with E-state index in [1.807, 2.05) is 0 Å². The van der Waals surface area contributed by atoms with Crippen molar-refractivity contribution in [3.63, 3.8) is 0 Å². The molecule has 0 aliphatic carbocycles. The number of hydrogen-bond acceptors (Lipinski definition) is 3. The molecular formula is C13H21NOS. The molecule has 0 bridgehead atoms. The second-order valence-electron chi connectivity index (χ2n) is 3.90. The minimum absolute atomic E-state index is 0.377. The van der Waals surface area contributed by atoms with Gasteiger partial charge in [0.1, 0.15) is 5.75 Å². The van der Waals surface area contributed by atoms with Crippen molar-refractivity contribution in [1.82, 2.24) is 0 Å². The van der Waals surface area contributed by atoms with E-state index in [9.17, 15) is 0 Å². The summed E-state index contributed by atoms with van der Waals surface area (Å²) in [7, 11) is 1.73. The van der Waals surface area contributed by atoms with Crippen LogP contribution in [0, 0.1) is 0 Å². The SMILES string of the molecule is CCc1cc(SC)c(C(C)CN)cc1OC. The second kappa shape index (κ2) is 6.16. The minimum Gasteiger partial charge on any atom is -0.496 e. The first kappa shape index (κ1) is 13.4.